The Bertz CT molecular complexity index is 1380. The second kappa shape index (κ2) is 9.34. The standard InChI is InChI=1S/C29H27N3O4/c1-29(2,3)36-28(34)21-12-7-11-20(16-21)25-18-32-26(23(30-25)15-19-9-5-4-6-10-19)31-24(27(32)33)17-22-13-8-14-35-22/h4-14,16-18,26,31H,15H2,1-3H3/b24-17-. The van der Waals surface area contributed by atoms with Crippen LogP contribution in [0.4, 0.5) is 0 Å². The smallest absolute Gasteiger partial charge is 0.338 e. The van der Waals surface area contributed by atoms with Crippen LogP contribution in [0.5, 0.6) is 0 Å². The minimum absolute atomic E-state index is 0.183. The van der Waals surface area contributed by atoms with Crippen LogP contribution in [0.2, 0.25) is 0 Å². The molecule has 182 valence electrons. The molecule has 7 nitrogen and oxygen atoms in total. The molecule has 2 aliphatic heterocycles. The highest BCUT2D eigenvalue weighted by Crippen LogP contribution is 2.30. The van der Waals surface area contributed by atoms with E-state index in [1.54, 1.807) is 53.8 Å². The lowest BCUT2D eigenvalue weighted by atomic mass is 10.0. The van der Waals surface area contributed by atoms with Crippen molar-refractivity contribution in [2.45, 2.75) is 39.0 Å². The van der Waals surface area contributed by atoms with E-state index in [0.717, 1.165) is 16.8 Å². The fourth-order valence-corrected chi connectivity index (χ4v) is 4.13. The Morgan fingerprint density at radius 2 is 1.92 bits per heavy atom. The van der Waals surface area contributed by atoms with Gasteiger partial charge in [-0.05, 0) is 50.6 Å². The molecule has 0 aliphatic carbocycles. The molecule has 0 bridgehead atoms. The number of furan rings is 1. The van der Waals surface area contributed by atoms with Crippen molar-refractivity contribution in [3.8, 4) is 0 Å². The third-order valence-corrected chi connectivity index (χ3v) is 5.73. The maximum absolute atomic E-state index is 13.4. The van der Waals surface area contributed by atoms with Crippen LogP contribution >= 0.6 is 0 Å². The van der Waals surface area contributed by atoms with Crippen LogP contribution in [0.3, 0.4) is 0 Å². The Labute approximate surface area is 209 Å². The number of hydrogen-bond donors (Lipinski definition) is 1. The summed E-state index contributed by atoms with van der Waals surface area (Å²) in [6, 6.07) is 20.7. The number of hydrogen-bond acceptors (Lipinski definition) is 6. The van der Waals surface area contributed by atoms with E-state index in [0.29, 0.717) is 29.1 Å². The summed E-state index contributed by atoms with van der Waals surface area (Å²) in [6.45, 7) is 5.50. The van der Waals surface area contributed by atoms with E-state index in [4.69, 9.17) is 14.1 Å². The van der Waals surface area contributed by atoms with Crippen molar-refractivity contribution >= 4 is 29.4 Å². The molecule has 2 aromatic carbocycles. The van der Waals surface area contributed by atoms with Crippen LogP contribution in [0.15, 0.2) is 94.3 Å². The van der Waals surface area contributed by atoms with Gasteiger partial charge in [-0.2, -0.15) is 0 Å². The summed E-state index contributed by atoms with van der Waals surface area (Å²) in [7, 11) is 0. The molecule has 1 unspecified atom stereocenters. The number of carbonyl (C=O) groups is 2. The second-order valence-corrected chi connectivity index (χ2v) is 9.70. The minimum Gasteiger partial charge on any atom is -0.465 e. The lowest BCUT2D eigenvalue weighted by Gasteiger charge is -2.27. The number of rotatable bonds is 5. The monoisotopic (exact) mass is 481 g/mol. The lowest BCUT2D eigenvalue weighted by molar-refractivity contribution is -0.123. The quantitative estimate of drug-likeness (QED) is 0.408. The highest BCUT2D eigenvalue weighted by atomic mass is 16.6. The fraction of sp³-hybridized carbons (Fsp3) is 0.207. The molecule has 0 saturated carbocycles. The molecule has 1 aromatic heterocycles. The zero-order chi connectivity index (χ0) is 25.3. The molecular weight excluding hydrogens is 454 g/mol. The van der Waals surface area contributed by atoms with E-state index >= 15 is 0 Å². The summed E-state index contributed by atoms with van der Waals surface area (Å²) in [5, 5.41) is 3.31. The van der Waals surface area contributed by atoms with Crippen molar-refractivity contribution in [1.29, 1.82) is 0 Å². The average molecular weight is 482 g/mol. The molecule has 7 heteroatoms. The van der Waals surface area contributed by atoms with E-state index in [1.165, 1.54) is 0 Å². The lowest BCUT2D eigenvalue weighted by Crippen LogP contribution is -2.43. The van der Waals surface area contributed by atoms with Crippen LogP contribution in [0.25, 0.3) is 11.8 Å². The predicted molar refractivity (Wildman–Crippen MR) is 138 cm³/mol. The van der Waals surface area contributed by atoms with Crippen LogP contribution in [-0.2, 0) is 16.0 Å². The molecule has 1 amide bonds. The van der Waals surface area contributed by atoms with Gasteiger partial charge in [0.15, 0.2) is 0 Å². The van der Waals surface area contributed by atoms with Crippen molar-refractivity contribution in [2.75, 3.05) is 0 Å². The maximum atomic E-state index is 13.4. The minimum atomic E-state index is -0.601. The topological polar surface area (TPSA) is 84.1 Å². The summed E-state index contributed by atoms with van der Waals surface area (Å²) in [5.74, 6) is -0.00567. The molecule has 3 aromatic rings. The van der Waals surface area contributed by atoms with Crippen molar-refractivity contribution in [3.63, 3.8) is 0 Å². The zero-order valence-electron chi connectivity index (χ0n) is 20.4. The van der Waals surface area contributed by atoms with E-state index < -0.39 is 17.7 Å². The Morgan fingerprint density at radius 1 is 1.11 bits per heavy atom. The maximum Gasteiger partial charge on any atom is 0.338 e. The Balaban J connectivity index is 1.52. The van der Waals surface area contributed by atoms with E-state index in [9.17, 15) is 9.59 Å². The average Bonchev–Trinajstić information content (AvgIpc) is 3.47. The molecule has 0 spiro atoms. The molecule has 3 heterocycles. The largest absolute Gasteiger partial charge is 0.465 e. The number of carbonyl (C=O) groups excluding carboxylic acids is 2. The first-order valence-corrected chi connectivity index (χ1v) is 11.8. The van der Waals surface area contributed by atoms with Crippen LogP contribution in [-0.4, -0.2) is 34.3 Å². The zero-order valence-corrected chi connectivity index (χ0v) is 20.4. The Kier molecular flexibility index (Phi) is 6.06. The first-order valence-electron chi connectivity index (χ1n) is 11.8. The predicted octanol–water partition coefficient (Wildman–Crippen LogP) is 5.03. The number of fused-ring (bicyclic) bond motifs is 1. The van der Waals surface area contributed by atoms with Crippen molar-refractivity contribution in [3.05, 3.63) is 107 Å². The van der Waals surface area contributed by atoms with Gasteiger partial charge in [-0.25, -0.2) is 4.79 Å². The van der Waals surface area contributed by atoms with Gasteiger partial charge in [0.05, 0.1) is 23.2 Å². The van der Waals surface area contributed by atoms with Crippen molar-refractivity contribution < 1.29 is 18.7 Å². The van der Waals surface area contributed by atoms with Gasteiger partial charge in [0.25, 0.3) is 5.91 Å². The number of ether oxygens (including phenoxy) is 1. The number of aliphatic imine (C=N–C) groups is 1. The van der Waals surface area contributed by atoms with Crippen molar-refractivity contribution in [2.24, 2.45) is 4.99 Å². The van der Waals surface area contributed by atoms with Gasteiger partial charge in [-0.15, -0.1) is 0 Å². The first-order chi connectivity index (χ1) is 17.3. The van der Waals surface area contributed by atoms with Gasteiger partial charge < -0.3 is 14.5 Å². The highest BCUT2D eigenvalue weighted by Gasteiger charge is 2.39. The number of esters is 1. The molecular formula is C29H27N3O4. The number of nitrogens with zero attached hydrogens (tertiary/aromatic N) is 2. The molecule has 1 fully saturated rings. The molecule has 1 atom stereocenters. The SMILES string of the molecule is CC(C)(C)OC(=O)c1cccc(C2=CN3C(=O)/C(=C/c4ccco4)NC3C(Cc3ccccc3)=N2)c1. The van der Waals surface area contributed by atoms with Gasteiger partial charge in [0.2, 0.25) is 0 Å². The van der Waals surface area contributed by atoms with E-state index in [2.05, 4.69) is 5.32 Å². The molecule has 5 rings (SSSR count). The molecule has 0 radical (unpaired) electrons. The summed E-state index contributed by atoms with van der Waals surface area (Å²) in [4.78, 5) is 32.6. The summed E-state index contributed by atoms with van der Waals surface area (Å²) in [6.07, 6.45) is 5.12. The number of amides is 1. The Morgan fingerprint density at radius 3 is 2.64 bits per heavy atom. The highest BCUT2D eigenvalue weighted by molar-refractivity contribution is 6.09. The molecule has 2 aliphatic rings. The third kappa shape index (κ3) is 5.00. The van der Waals surface area contributed by atoms with Gasteiger partial charge in [-0.1, -0.05) is 42.5 Å². The number of benzene rings is 2. The Hall–Kier alpha value is -4.39. The van der Waals surface area contributed by atoms with Crippen LogP contribution in [0.1, 0.15) is 48.0 Å². The summed E-state index contributed by atoms with van der Waals surface area (Å²) < 4.78 is 10.9. The molecule has 1 saturated heterocycles. The molecule has 1 N–H and O–H groups in total. The van der Waals surface area contributed by atoms with Gasteiger partial charge in [-0.3, -0.25) is 14.7 Å². The third-order valence-electron chi connectivity index (χ3n) is 5.73. The van der Waals surface area contributed by atoms with Crippen molar-refractivity contribution in [1.82, 2.24) is 10.2 Å². The van der Waals surface area contributed by atoms with E-state index in [-0.39, 0.29) is 5.91 Å². The number of nitrogens with one attached hydrogen (secondary N) is 1. The summed E-state index contributed by atoms with van der Waals surface area (Å²) >= 11 is 0. The second-order valence-electron chi connectivity index (χ2n) is 9.70. The van der Waals surface area contributed by atoms with Gasteiger partial charge in [0.1, 0.15) is 23.2 Å². The van der Waals surface area contributed by atoms with Crippen LogP contribution < -0.4 is 5.32 Å². The normalized spacial score (nSPS) is 18.4. The fourth-order valence-electron chi connectivity index (χ4n) is 4.13. The summed E-state index contributed by atoms with van der Waals surface area (Å²) in [5.41, 5.74) is 3.44. The van der Waals surface area contributed by atoms with E-state index in [1.807, 2.05) is 57.2 Å². The van der Waals surface area contributed by atoms with Gasteiger partial charge >= 0.3 is 5.97 Å². The van der Waals surface area contributed by atoms with Gasteiger partial charge in [0, 0.05) is 24.3 Å². The molecule has 36 heavy (non-hydrogen) atoms. The first kappa shape index (κ1) is 23.4. The van der Waals surface area contributed by atoms with Crippen LogP contribution in [0, 0.1) is 0 Å².